The number of para-hydroxylation sites is 1. The van der Waals surface area contributed by atoms with Crippen molar-refractivity contribution in [2.24, 2.45) is 0 Å². The van der Waals surface area contributed by atoms with Crippen molar-refractivity contribution in [1.29, 1.82) is 0 Å². The van der Waals surface area contributed by atoms with Gasteiger partial charge in [-0.05, 0) is 12.1 Å². The van der Waals surface area contributed by atoms with Gasteiger partial charge in [0.15, 0.2) is 5.78 Å². The van der Waals surface area contributed by atoms with Crippen molar-refractivity contribution in [2.75, 3.05) is 4.90 Å². The van der Waals surface area contributed by atoms with Crippen LogP contribution in [0.1, 0.15) is 15.9 Å². The van der Waals surface area contributed by atoms with Crippen molar-refractivity contribution in [3.05, 3.63) is 91.3 Å². The van der Waals surface area contributed by atoms with Crippen LogP contribution in [0.3, 0.4) is 0 Å². The lowest BCUT2D eigenvalue weighted by molar-refractivity contribution is 0.103. The maximum atomic E-state index is 12.5. The summed E-state index contributed by atoms with van der Waals surface area (Å²) < 4.78 is 0. The van der Waals surface area contributed by atoms with E-state index < -0.39 is 0 Å². The molecule has 0 unspecified atom stereocenters. The summed E-state index contributed by atoms with van der Waals surface area (Å²) in [6, 6.07) is 16.6. The highest BCUT2D eigenvalue weighted by molar-refractivity contribution is 6.12. The van der Waals surface area contributed by atoms with Gasteiger partial charge in [-0.15, -0.1) is 0 Å². The first-order valence-electron chi connectivity index (χ1n) is 6.00. The molecule has 0 bridgehead atoms. The largest absolute Gasteiger partial charge is 0.324 e. The molecule has 0 heterocycles. The number of hydrogen-bond donors (Lipinski definition) is 0. The van der Waals surface area contributed by atoms with E-state index in [-0.39, 0.29) is 5.78 Å². The molecule has 0 aliphatic heterocycles. The summed E-state index contributed by atoms with van der Waals surface area (Å²) in [4.78, 5) is 14.2. The summed E-state index contributed by atoms with van der Waals surface area (Å²) in [5.41, 5.74) is 2.08. The quantitative estimate of drug-likeness (QED) is 0.746. The van der Waals surface area contributed by atoms with E-state index in [4.69, 9.17) is 0 Å². The molecule has 19 heavy (non-hydrogen) atoms. The number of anilines is 1. The first kappa shape index (κ1) is 12.8. The van der Waals surface area contributed by atoms with Gasteiger partial charge in [0.05, 0.1) is 5.69 Å². The molecule has 0 saturated heterocycles. The van der Waals surface area contributed by atoms with E-state index >= 15 is 0 Å². The van der Waals surface area contributed by atoms with Gasteiger partial charge in [0.1, 0.15) is 0 Å². The predicted molar refractivity (Wildman–Crippen MR) is 79.2 cm³/mol. The molecule has 0 aromatic heterocycles. The molecule has 0 fully saturated rings. The highest BCUT2D eigenvalue weighted by Gasteiger charge is 2.14. The normalized spacial score (nSPS) is 9.68. The average molecular weight is 249 g/mol. The van der Waals surface area contributed by atoms with Crippen LogP contribution in [0, 0.1) is 0 Å². The van der Waals surface area contributed by atoms with E-state index in [1.807, 2.05) is 54.6 Å². The van der Waals surface area contributed by atoms with Crippen molar-refractivity contribution >= 4 is 11.5 Å². The minimum atomic E-state index is -0.00935. The van der Waals surface area contributed by atoms with Crippen molar-refractivity contribution < 1.29 is 4.79 Å². The summed E-state index contributed by atoms with van der Waals surface area (Å²) in [5.74, 6) is -0.00935. The third kappa shape index (κ3) is 2.63. The molecule has 0 saturated carbocycles. The van der Waals surface area contributed by atoms with Crippen LogP contribution in [-0.4, -0.2) is 5.78 Å². The van der Waals surface area contributed by atoms with Crippen molar-refractivity contribution in [3.63, 3.8) is 0 Å². The van der Waals surface area contributed by atoms with Gasteiger partial charge in [0.25, 0.3) is 0 Å². The fourth-order valence-corrected chi connectivity index (χ4v) is 1.91. The second kappa shape index (κ2) is 5.83. The number of rotatable bonds is 5. The smallest absolute Gasteiger partial charge is 0.195 e. The molecular weight excluding hydrogens is 234 g/mol. The fraction of sp³-hybridized carbons (Fsp3) is 0. The number of hydrogen-bond acceptors (Lipinski definition) is 2. The van der Waals surface area contributed by atoms with Gasteiger partial charge in [-0.25, -0.2) is 0 Å². The Morgan fingerprint density at radius 2 is 1.47 bits per heavy atom. The molecule has 2 aromatic carbocycles. The first-order chi connectivity index (χ1) is 9.27. The molecule has 2 rings (SSSR count). The van der Waals surface area contributed by atoms with E-state index in [1.54, 1.807) is 17.3 Å². The van der Waals surface area contributed by atoms with E-state index in [1.165, 1.54) is 0 Å². The zero-order valence-electron chi connectivity index (χ0n) is 10.6. The summed E-state index contributed by atoms with van der Waals surface area (Å²) in [5, 5.41) is 0. The monoisotopic (exact) mass is 249 g/mol. The molecule has 2 nitrogen and oxygen atoms in total. The Bertz CT molecular complexity index is 594. The van der Waals surface area contributed by atoms with Gasteiger partial charge in [-0.2, -0.15) is 0 Å². The zero-order valence-corrected chi connectivity index (χ0v) is 10.6. The van der Waals surface area contributed by atoms with E-state index in [9.17, 15) is 4.79 Å². The van der Waals surface area contributed by atoms with Gasteiger partial charge < -0.3 is 4.90 Å². The second-order valence-corrected chi connectivity index (χ2v) is 3.98. The highest BCUT2D eigenvalue weighted by Crippen LogP contribution is 2.23. The maximum Gasteiger partial charge on any atom is 0.195 e. The standard InChI is InChI=1S/C17H15NO/c1-3-18(4-2)16-13-9-8-12-15(16)17(19)14-10-6-5-7-11-14/h3-13H,1-2H2. The molecule has 2 heteroatoms. The van der Waals surface area contributed by atoms with Crippen LogP contribution in [0.5, 0.6) is 0 Å². The molecule has 0 atom stereocenters. The number of benzene rings is 2. The lowest BCUT2D eigenvalue weighted by Crippen LogP contribution is -2.12. The van der Waals surface area contributed by atoms with Gasteiger partial charge in [-0.3, -0.25) is 4.79 Å². The Kier molecular flexibility index (Phi) is 3.94. The first-order valence-corrected chi connectivity index (χ1v) is 6.00. The van der Waals surface area contributed by atoms with Gasteiger partial charge in [-0.1, -0.05) is 55.6 Å². The number of nitrogens with zero attached hydrogens (tertiary/aromatic N) is 1. The third-order valence-corrected chi connectivity index (χ3v) is 2.86. The molecule has 0 aliphatic rings. The Hall–Kier alpha value is -2.61. The van der Waals surface area contributed by atoms with E-state index in [2.05, 4.69) is 13.2 Å². The summed E-state index contributed by atoms with van der Waals surface area (Å²) >= 11 is 0. The average Bonchev–Trinajstić information content (AvgIpc) is 2.49. The summed E-state index contributed by atoms with van der Waals surface area (Å²) in [6.07, 6.45) is 3.26. The summed E-state index contributed by atoms with van der Waals surface area (Å²) in [6.45, 7) is 7.45. The fourth-order valence-electron chi connectivity index (χ4n) is 1.91. The molecular formula is C17H15NO. The zero-order chi connectivity index (χ0) is 13.7. The Balaban J connectivity index is 2.48. The van der Waals surface area contributed by atoms with Crippen LogP contribution < -0.4 is 4.90 Å². The van der Waals surface area contributed by atoms with Crippen molar-refractivity contribution in [2.45, 2.75) is 0 Å². The van der Waals surface area contributed by atoms with Crippen LogP contribution in [-0.2, 0) is 0 Å². The van der Waals surface area contributed by atoms with Gasteiger partial charge >= 0.3 is 0 Å². The molecule has 0 N–H and O–H groups in total. The maximum absolute atomic E-state index is 12.5. The Morgan fingerprint density at radius 1 is 0.895 bits per heavy atom. The highest BCUT2D eigenvalue weighted by atomic mass is 16.1. The number of carbonyl (C=O) groups is 1. The van der Waals surface area contributed by atoms with Crippen LogP contribution >= 0.6 is 0 Å². The van der Waals surface area contributed by atoms with E-state index in [0.29, 0.717) is 11.1 Å². The molecule has 0 spiro atoms. The third-order valence-electron chi connectivity index (χ3n) is 2.86. The number of ketones is 1. The Labute approximate surface area is 113 Å². The topological polar surface area (TPSA) is 20.3 Å². The van der Waals surface area contributed by atoms with Crippen LogP contribution in [0.25, 0.3) is 0 Å². The van der Waals surface area contributed by atoms with Crippen LogP contribution in [0.15, 0.2) is 80.2 Å². The minimum absolute atomic E-state index is 0.00935. The lowest BCUT2D eigenvalue weighted by Gasteiger charge is -2.18. The molecule has 0 aliphatic carbocycles. The van der Waals surface area contributed by atoms with Crippen LogP contribution in [0.2, 0.25) is 0 Å². The number of carbonyl (C=O) groups excluding carboxylic acids is 1. The van der Waals surface area contributed by atoms with Gasteiger partial charge in [0, 0.05) is 23.5 Å². The van der Waals surface area contributed by atoms with Crippen LogP contribution in [0.4, 0.5) is 5.69 Å². The molecule has 0 radical (unpaired) electrons. The predicted octanol–water partition coefficient (Wildman–Crippen LogP) is 4.01. The Morgan fingerprint density at radius 3 is 2.11 bits per heavy atom. The van der Waals surface area contributed by atoms with Crippen molar-refractivity contribution in [3.8, 4) is 0 Å². The lowest BCUT2D eigenvalue weighted by atomic mass is 10.0. The van der Waals surface area contributed by atoms with E-state index in [0.717, 1.165) is 5.69 Å². The summed E-state index contributed by atoms with van der Waals surface area (Å²) in [7, 11) is 0. The minimum Gasteiger partial charge on any atom is -0.324 e. The molecule has 0 amide bonds. The second-order valence-electron chi connectivity index (χ2n) is 3.98. The van der Waals surface area contributed by atoms with Crippen molar-refractivity contribution in [1.82, 2.24) is 0 Å². The SMILES string of the molecule is C=CN(C=C)c1ccccc1C(=O)c1ccccc1. The molecule has 2 aromatic rings. The molecule has 94 valence electrons. The van der Waals surface area contributed by atoms with Gasteiger partial charge in [0.2, 0.25) is 0 Å².